The maximum atomic E-state index is 5.68. The number of hydrogen-bond donors (Lipinski definition) is 1. The van der Waals surface area contributed by atoms with E-state index in [1.54, 1.807) is 6.20 Å². The van der Waals surface area contributed by atoms with E-state index < -0.39 is 0 Å². The third-order valence-electron chi connectivity index (χ3n) is 2.99. The number of aromatic nitrogens is 1. The Morgan fingerprint density at radius 1 is 1.30 bits per heavy atom. The highest BCUT2D eigenvalue weighted by Gasteiger charge is 2.15. The van der Waals surface area contributed by atoms with Crippen molar-refractivity contribution in [3.8, 4) is 5.75 Å². The molecule has 0 aliphatic rings. The number of ether oxygens (including phenoxy) is 1. The molecule has 108 valence electrons. The van der Waals surface area contributed by atoms with E-state index in [9.17, 15) is 0 Å². The molecule has 0 radical (unpaired) electrons. The van der Waals surface area contributed by atoms with Crippen LogP contribution in [0.5, 0.6) is 5.75 Å². The van der Waals surface area contributed by atoms with E-state index in [-0.39, 0.29) is 6.04 Å². The highest BCUT2D eigenvalue weighted by atomic mass is 32.1. The standard InChI is InChI=1S/C16H22N2OS/c1-4-8-19-14-9-13(10-17-11-14)16(18-5-2)15-7-6-12(3)20-15/h6-7,9-11,16,18H,4-5,8H2,1-3H3. The first-order chi connectivity index (χ1) is 9.74. The zero-order chi connectivity index (χ0) is 14.4. The van der Waals surface area contributed by atoms with Crippen LogP contribution < -0.4 is 10.1 Å². The lowest BCUT2D eigenvalue weighted by molar-refractivity contribution is 0.315. The lowest BCUT2D eigenvalue weighted by atomic mass is 10.1. The van der Waals surface area contributed by atoms with Crippen molar-refractivity contribution in [2.24, 2.45) is 0 Å². The van der Waals surface area contributed by atoms with Gasteiger partial charge in [0.1, 0.15) is 5.75 Å². The fourth-order valence-electron chi connectivity index (χ4n) is 2.09. The molecule has 0 spiro atoms. The first kappa shape index (κ1) is 15.0. The molecule has 0 aliphatic carbocycles. The highest BCUT2D eigenvalue weighted by Crippen LogP contribution is 2.29. The van der Waals surface area contributed by atoms with Crippen molar-refractivity contribution in [2.45, 2.75) is 33.2 Å². The van der Waals surface area contributed by atoms with E-state index in [1.807, 2.05) is 17.5 Å². The van der Waals surface area contributed by atoms with Gasteiger partial charge in [0.2, 0.25) is 0 Å². The highest BCUT2D eigenvalue weighted by molar-refractivity contribution is 7.12. The lowest BCUT2D eigenvalue weighted by Gasteiger charge is -2.17. The molecule has 0 saturated heterocycles. The molecular formula is C16H22N2OS. The van der Waals surface area contributed by atoms with Crippen LogP contribution in [0.15, 0.2) is 30.6 Å². The minimum atomic E-state index is 0.191. The summed E-state index contributed by atoms with van der Waals surface area (Å²) >= 11 is 1.82. The van der Waals surface area contributed by atoms with Gasteiger partial charge >= 0.3 is 0 Å². The van der Waals surface area contributed by atoms with Gasteiger partial charge in [-0.15, -0.1) is 11.3 Å². The predicted molar refractivity (Wildman–Crippen MR) is 84.6 cm³/mol. The molecule has 1 N–H and O–H groups in total. The topological polar surface area (TPSA) is 34.1 Å². The quantitative estimate of drug-likeness (QED) is 0.838. The SMILES string of the molecule is CCCOc1cncc(C(NCC)c2ccc(C)s2)c1. The molecule has 0 amide bonds. The van der Waals surface area contributed by atoms with Gasteiger partial charge in [-0.1, -0.05) is 13.8 Å². The number of thiophene rings is 1. The van der Waals surface area contributed by atoms with E-state index in [2.05, 4.69) is 49.3 Å². The number of aryl methyl sites for hydroxylation is 1. The summed E-state index contributed by atoms with van der Waals surface area (Å²) in [7, 11) is 0. The van der Waals surface area contributed by atoms with Gasteiger partial charge in [0.05, 0.1) is 18.8 Å². The molecular weight excluding hydrogens is 268 g/mol. The number of rotatable bonds is 7. The Hall–Kier alpha value is -1.39. The molecule has 2 heterocycles. The van der Waals surface area contributed by atoms with Crippen LogP contribution in [0.25, 0.3) is 0 Å². The predicted octanol–water partition coefficient (Wildman–Crippen LogP) is 3.94. The van der Waals surface area contributed by atoms with E-state index in [0.29, 0.717) is 0 Å². The molecule has 0 saturated carbocycles. The summed E-state index contributed by atoms with van der Waals surface area (Å²) in [6.45, 7) is 8.01. The van der Waals surface area contributed by atoms with Crippen molar-refractivity contribution < 1.29 is 4.74 Å². The molecule has 0 bridgehead atoms. The molecule has 0 aliphatic heterocycles. The van der Waals surface area contributed by atoms with Gasteiger partial charge < -0.3 is 10.1 Å². The molecule has 2 aromatic heterocycles. The van der Waals surface area contributed by atoms with Gasteiger partial charge in [-0.2, -0.15) is 0 Å². The van der Waals surface area contributed by atoms with E-state index in [1.165, 1.54) is 9.75 Å². The van der Waals surface area contributed by atoms with E-state index in [4.69, 9.17) is 4.74 Å². The number of nitrogens with zero attached hydrogens (tertiary/aromatic N) is 1. The minimum absolute atomic E-state index is 0.191. The zero-order valence-corrected chi connectivity index (χ0v) is 13.2. The number of hydrogen-bond acceptors (Lipinski definition) is 4. The van der Waals surface area contributed by atoms with Crippen LogP contribution in [0, 0.1) is 6.92 Å². The number of pyridine rings is 1. The van der Waals surface area contributed by atoms with Crippen LogP contribution in [0.1, 0.15) is 41.6 Å². The maximum absolute atomic E-state index is 5.68. The van der Waals surface area contributed by atoms with Crippen LogP contribution in [0.4, 0.5) is 0 Å². The normalized spacial score (nSPS) is 12.3. The third kappa shape index (κ3) is 3.81. The van der Waals surface area contributed by atoms with Gasteiger partial charge in [0.25, 0.3) is 0 Å². The molecule has 0 aromatic carbocycles. The average Bonchev–Trinajstić information content (AvgIpc) is 2.89. The van der Waals surface area contributed by atoms with Gasteiger partial charge in [0, 0.05) is 16.0 Å². The molecule has 1 unspecified atom stereocenters. The summed E-state index contributed by atoms with van der Waals surface area (Å²) in [6, 6.07) is 6.63. The Labute approximate surface area is 125 Å². The Kier molecular flexibility index (Phi) is 5.56. The lowest BCUT2D eigenvalue weighted by Crippen LogP contribution is -2.21. The first-order valence-electron chi connectivity index (χ1n) is 7.12. The molecule has 1 atom stereocenters. The second-order valence-corrected chi connectivity index (χ2v) is 6.06. The first-order valence-corrected chi connectivity index (χ1v) is 7.93. The molecule has 2 aromatic rings. The molecule has 20 heavy (non-hydrogen) atoms. The Morgan fingerprint density at radius 2 is 2.15 bits per heavy atom. The van der Waals surface area contributed by atoms with Crippen molar-refractivity contribution in [2.75, 3.05) is 13.2 Å². The molecule has 2 rings (SSSR count). The van der Waals surface area contributed by atoms with E-state index >= 15 is 0 Å². The van der Waals surface area contributed by atoms with Crippen molar-refractivity contribution in [1.29, 1.82) is 0 Å². The average molecular weight is 290 g/mol. The van der Waals surface area contributed by atoms with Crippen molar-refractivity contribution in [3.63, 3.8) is 0 Å². The van der Waals surface area contributed by atoms with Crippen LogP contribution in [-0.4, -0.2) is 18.1 Å². The maximum Gasteiger partial charge on any atom is 0.137 e. The molecule has 0 fully saturated rings. The van der Waals surface area contributed by atoms with Crippen LogP contribution >= 0.6 is 11.3 Å². The summed E-state index contributed by atoms with van der Waals surface area (Å²) in [5.74, 6) is 0.848. The van der Waals surface area contributed by atoms with Crippen LogP contribution in [0.2, 0.25) is 0 Å². The van der Waals surface area contributed by atoms with Crippen molar-refractivity contribution in [3.05, 3.63) is 45.9 Å². The van der Waals surface area contributed by atoms with E-state index in [0.717, 1.165) is 30.9 Å². The summed E-state index contributed by atoms with van der Waals surface area (Å²) in [6.07, 6.45) is 4.70. The fourth-order valence-corrected chi connectivity index (χ4v) is 3.07. The smallest absolute Gasteiger partial charge is 0.137 e. The van der Waals surface area contributed by atoms with Gasteiger partial charge in [-0.05, 0) is 43.7 Å². The Morgan fingerprint density at radius 3 is 2.80 bits per heavy atom. The zero-order valence-electron chi connectivity index (χ0n) is 12.3. The summed E-state index contributed by atoms with van der Waals surface area (Å²) in [5, 5.41) is 3.53. The minimum Gasteiger partial charge on any atom is -0.492 e. The fraction of sp³-hybridized carbons (Fsp3) is 0.438. The monoisotopic (exact) mass is 290 g/mol. The second-order valence-electron chi connectivity index (χ2n) is 4.74. The van der Waals surface area contributed by atoms with Crippen molar-refractivity contribution in [1.82, 2.24) is 10.3 Å². The van der Waals surface area contributed by atoms with Gasteiger partial charge in [-0.25, -0.2) is 0 Å². The van der Waals surface area contributed by atoms with Gasteiger partial charge in [-0.3, -0.25) is 4.98 Å². The van der Waals surface area contributed by atoms with Crippen molar-refractivity contribution >= 4 is 11.3 Å². The largest absolute Gasteiger partial charge is 0.492 e. The third-order valence-corrected chi connectivity index (χ3v) is 4.06. The van der Waals surface area contributed by atoms with Crippen LogP contribution in [0.3, 0.4) is 0 Å². The summed E-state index contributed by atoms with van der Waals surface area (Å²) in [5.41, 5.74) is 1.15. The number of nitrogens with one attached hydrogen (secondary N) is 1. The second kappa shape index (κ2) is 7.41. The Balaban J connectivity index is 2.24. The molecule has 3 nitrogen and oxygen atoms in total. The summed E-state index contributed by atoms with van der Waals surface area (Å²) in [4.78, 5) is 6.96. The Bertz CT molecular complexity index is 539. The van der Waals surface area contributed by atoms with Gasteiger partial charge in [0.15, 0.2) is 0 Å². The van der Waals surface area contributed by atoms with Crippen LogP contribution in [-0.2, 0) is 0 Å². The summed E-state index contributed by atoms with van der Waals surface area (Å²) < 4.78 is 5.68. The molecule has 4 heteroatoms.